The van der Waals surface area contributed by atoms with Crippen molar-refractivity contribution >= 4 is 17.4 Å². The average Bonchev–Trinajstić information content (AvgIpc) is 2.46. The first-order valence-electron chi connectivity index (χ1n) is 6.69. The van der Waals surface area contributed by atoms with Crippen molar-refractivity contribution in [3.8, 4) is 0 Å². The summed E-state index contributed by atoms with van der Waals surface area (Å²) in [7, 11) is 2.04. The van der Waals surface area contributed by atoms with Crippen LogP contribution in [0.15, 0.2) is 42.6 Å². The zero-order chi connectivity index (χ0) is 14.7. The SMILES string of the molecule is CC(N)c1cccnc1N(C)C(C)c1ccc(Cl)cc1. The van der Waals surface area contributed by atoms with Crippen molar-refractivity contribution in [3.05, 3.63) is 58.7 Å². The van der Waals surface area contributed by atoms with E-state index < -0.39 is 0 Å². The molecule has 2 N–H and O–H groups in total. The van der Waals surface area contributed by atoms with Gasteiger partial charge in [0, 0.05) is 29.9 Å². The van der Waals surface area contributed by atoms with Gasteiger partial charge in [-0.25, -0.2) is 4.98 Å². The van der Waals surface area contributed by atoms with E-state index in [1.165, 1.54) is 5.56 Å². The van der Waals surface area contributed by atoms with Crippen LogP contribution in [0.5, 0.6) is 0 Å². The number of benzene rings is 1. The molecule has 1 aromatic carbocycles. The highest BCUT2D eigenvalue weighted by molar-refractivity contribution is 6.30. The molecule has 20 heavy (non-hydrogen) atoms. The number of anilines is 1. The number of rotatable bonds is 4. The lowest BCUT2D eigenvalue weighted by Crippen LogP contribution is -2.25. The van der Waals surface area contributed by atoms with E-state index in [9.17, 15) is 0 Å². The molecule has 0 aliphatic rings. The predicted molar refractivity (Wildman–Crippen MR) is 85.1 cm³/mol. The highest BCUT2D eigenvalue weighted by atomic mass is 35.5. The zero-order valence-corrected chi connectivity index (χ0v) is 12.8. The Morgan fingerprint density at radius 1 is 1.15 bits per heavy atom. The fourth-order valence-electron chi connectivity index (χ4n) is 2.21. The van der Waals surface area contributed by atoms with E-state index in [2.05, 4.69) is 16.8 Å². The van der Waals surface area contributed by atoms with Crippen molar-refractivity contribution in [2.24, 2.45) is 5.73 Å². The number of nitrogens with two attached hydrogens (primary N) is 1. The van der Waals surface area contributed by atoms with Gasteiger partial charge in [-0.05, 0) is 37.6 Å². The van der Waals surface area contributed by atoms with E-state index in [-0.39, 0.29) is 12.1 Å². The molecule has 0 fully saturated rings. The zero-order valence-electron chi connectivity index (χ0n) is 12.0. The van der Waals surface area contributed by atoms with Gasteiger partial charge in [-0.1, -0.05) is 29.8 Å². The molecule has 0 saturated heterocycles. The van der Waals surface area contributed by atoms with Crippen LogP contribution < -0.4 is 10.6 Å². The molecule has 2 unspecified atom stereocenters. The summed E-state index contributed by atoms with van der Waals surface area (Å²) in [6, 6.07) is 12.0. The fraction of sp³-hybridized carbons (Fsp3) is 0.312. The Labute approximate surface area is 125 Å². The second-order valence-electron chi connectivity index (χ2n) is 5.04. The van der Waals surface area contributed by atoms with Crippen LogP contribution >= 0.6 is 11.6 Å². The molecule has 3 nitrogen and oxygen atoms in total. The molecular weight excluding hydrogens is 270 g/mol. The minimum Gasteiger partial charge on any atom is -0.353 e. The van der Waals surface area contributed by atoms with Crippen molar-refractivity contribution in [2.45, 2.75) is 25.9 Å². The first-order chi connectivity index (χ1) is 9.50. The molecular formula is C16H20ClN3. The molecule has 0 radical (unpaired) electrons. The number of nitrogens with zero attached hydrogens (tertiary/aromatic N) is 2. The Balaban J connectivity index is 2.31. The van der Waals surface area contributed by atoms with Crippen molar-refractivity contribution in [3.63, 3.8) is 0 Å². The molecule has 2 rings (SSSR count). The summed E-state index contributed by atoms with van der Waals surface area (Å²) in [6.07, 6.45) is 1.80. The van der Waals surface area contributed by atoms with E-state index in [4.69, 9.17) is 17.3 Å². The van der Waals surface area contributed by atoms with E-state index >= 15 is 0 Å². The summed E-state index contributed by atoms with van der Waals surface area (Å²) in [6.45, 7) is 4.12. The summed E-state index contributed by atoms with van der Waals surface area (Å²) in [5.41, 5.74) is 8.27. The van der Waals surface area contributed by atoms with Gasteiger partial charge in [0.1, 0.15) is 5.82 Å². The largest absolute Gasteiger partial charge is 0.353 e. The third-order valence-corrected chi connectivity index (χ3v) is 3.83. The summed E-state index contributed by atoms with van der Waals surface area (Å²) >= 11 is 5.94. The van der Waals surface area contributed by atoms with Crippen LogP contribution in [0, 0.1) is 0 Å². The Morgan fingerprint density at radius 3 is 2.40 bits per heavy atom. The second kappa shape index (κ2) is 6.25. The first kappa shape index (κ1) is 14.8. The van der Waals surface area contributed by atoms with E-state index in [1.807, 2.05) is 50.4 Å². The van der Waals surface area contributed by atoms with Gasteiger partial charge in [0.25, 0.3) is 0 Å². The third kappa shape index (κ3) is 3.11. The van der Waals surface area contributed by atoms with Crippen molar-refractivity contribution < 1.29 is 0 Å². The number of pyridine rings is 1. The highest BCUT2D eigenvalue weighted by Crippen LogP contribution is 2.29. The fourth-order valence-corrected chi connectivity index (χ4v) is 2.33. The molecule has 0 aliphatic heterocycles. The van der Waals surface area contributed by atoms with Crippen LogP contribution in [0.1, 0.15) is 37.1 Å². The summed E-state index contributed by atoms with van der Waals surface area (Å²) in [5, 5.41) is 0.748. The van der Waals surface area contributed by atoms with Gasteiger partial charge in [-0.3, -0.25) is 0 Å². The van der Waals surface area contributed by atoms with E-state index in [0.29, 0.717) is 0 Å². The number of hydrogen-bond donors (Lipinski definition) is 1. The van der Waals surface area contributed by atoms with Crippen molar-refractivity contribution in [1.82, 2.24) is 4.98 Å². The molecule has 4 heteroatoms. The number of halogens is 1. The predicted octanol–water partition coefficient (Wildman–Crippen LogP) is 3.95. The summed E-state index contributed by atoms with van der Waals surface area (Å²) < 4.78 is 0. The van der Waals surface area contributed by atoms with Gasteiger partial charge in [-0.2, -0.15) is 0 Å². The standard InChI is InChI=1S/C16H20ClN3/c1-11(18)15-5-4-10-19-16(15)20(3)12(2)13-6-8-14(17)9-7-13/h4-12H,18H2,1-3H3. The summed E-state index contributed by atoms with van der Waals surface area (Å²) in [4.78, 5) is 6.62. The maximum Gasteiger partial charge on any atom is 0.133 e. The Bertz CT molecular complexity index is 566. The first-order valence-corrected chi connectivity index (χ1v) is 7.07. The van der Waals surface area contributed by atoms with Gasteiger partial charge < -0.3 is 10.6 Å². The average molecular weight is 290 g/mol. The number of hydrogen-bond acceptors (Lipinski definition) is 3. The lowest BCUT2D eigenvalue weighted by molar-refractivity contribution is 0.709. The second-order valence-corrected chi connectivity index (χ2v) is 5.48. The smallest absolute Gasteiger partial charge is 0.133 e. The molecule has 0 bridgehead atoms. The molecule has 0 spiro atoms. The summed E-state index contributed by atoms with van der Waals surface area (Å²) in [5.74, 6) is 0.921. The normalized spacial score (nSPS) is 13.8. The van der Waals surface area contributed by atoms with E-state index in [0.717, 1.165) is 16.4 Å². The monoisotopic (exact) mass is 289 g/mol. The third-order valence-electron chi connectivity index (χ3n) is 3.57. The highest BCUT2D eigenvalue weighted by Gasteiger charge is 2.17. The van der Waals surface area contributed by atoms with Crippen LogP contribution in [0.25, 0.3) is 0 Å². The molecule has 1 heterocycles. The van der Waals surface area contributed by atoms with Gasteiger partial charge in [0.15, 0.2) is 0 Å². The van der Waals surface area contributed by atoms with Crippen LogP contribution in [-0.2, 0) is 0 Å². The molecule has 0 saturated carbocycles. The maximum atomic E-state index is 6.03. The topological polar surface area (TPSA) is 42.1 Å². The minimum atomic E-state index is -0.0430. The Kier molecular flexibility index (Phi) is 4.63. The van der Waals surface area contributed by atoms with Crippen molar-refractivity contribution in [1.29, 1.82) is 0 Å². The lowest BCUT2D eigenvalue weighted by atomic mass is 10.1. The Morgan fingerprint density at radius 2 is 1.80 bits per heavy atom. The minimum absolute atomic E-state index is 0.0430. The van der Waals surface area contributed by atoms with E-state index in [1.54, 1.807) is 6.20 Å². The van der Waals surface area contributed by atoms with Crippen LogP contribution in [0.2, 0.25) is 5.02 Å². The van der Waals surface area contributed by atoms with Crippen molar-refractivity contribution in [2.75, 3.05) is 11.9 Å². The van der Waals surface area contributed by atoms with Gasteiger partial charge in [-0.15, -0.1) is 0 Å². The van der Waals surface area contributed by atoms with Gasteiger partial charge in [0.05, 0.1) is 6.04 Å². The molecule has 0 aliphatic carbocycles. The molecule has 0 amide bonds. The molecule has 2 aromatic rings. The molecule has 2 atom stereocenters. The van der Waals surface area contributed by atoms with Crippen LogP contribution in [0.4, 0.5) is 5.82 Å². The number of aromatic nitrogens is 1. The van der Waals surface area contributed by atoms with Gasteiger partial charge >= 0.3 is 0 Å². The molecule has 106 valence electrons. The van der Waals surface area contributed by atoms with Crippen LogP contribution in [-0.4, -0.2) is 12.0 Å². The molecule has 1 aromatic heterocycles. The maximum absolute atomic E-state index is 6.03. The lowest BCUT2D eigenvalue weighted by Gasteiger charge is -2.29. The van der Waals surface area contributed by atoms with Gasteiger partial charge in [0.2, 0.25) is 0 Å². The Hall–Kier alpha value is -1.58. The quantitative estimate of drug-likeness (QED) is 0.926. The van der Waals surface area contributed by atoms with Crippen LogP contribution in [0.3, 0.4) is 0 Å².